The van der Waals surface area contributed by atoms with E-state index in [1.165, 1.54) is 35.1 Å². The lowest BCUT2D eigenvalue weighted by atomic mass is 10.1. The highest BCUT2D eigenvalue weighted by atomic mass is 32.2. The first-order valence-electron chi connectivity index (χ1n) is 12.6. The van der Waals surface area contributed by atoms with Crippen LogP contribution in [0.3, 0.4) is 0 Å². The predicted octanol–water partition coefficient (Wildman–Crippen LogP) is 6.87. The Morgan fingerprint density at radius 1 is 1.03 bits per heavy atom. The van der Waals surface area contributed by atoms with Crippen LogP contribution >= 0.6 is 23.1 Å². The van der Waals surface area contributed by atoms with Crippen LogP contribution in [0.1, 0.15) is 69.3 Å². The van der Waals surface area contributed by atoms with Crippen molar-refractivity contribution >= 4 is 51.6 Å². The third-order valence-electron chi connectivity index (χ3n) is 6.47. The van der Waals surface area contributed by atoms with Crippen molar-refractivity contribution in [1.82, 2.24) is 0 Å². The van der Waals surface area contributed by atoms with Gasteiger partial charge in [-0.3, -0.25) is 9.59 Å². The van der Waals surface area contributed by atoms with Crippen LogP contribution < -0.4 is 10.6 Å². The van der Waals surface area contributed by atoms with Gasteiger partial charge in [-0.05, 0) is 74.4 Å². The van der Waals surface area contributed by atoms with E-state index in [1.807, 2.05) is 56.3 Å². The number of fused-ring (bicyclic) bond motifs is 1. The fourth-order valence-electron chi connectivity index (χ4n) is 4.50. The number of anilines is 2. The molecule has 37 heavy (non-hydrogen) atoms. The molecule has 2 amide bonds. The van der Waals surface area contributed by atoms with Crippen LogP contribution in [-0.2, 0) is 22.4 Å². The monoisotopic (exact) mass is 536 g/mol. The van der Waals surface area contributed by atoms with E-state index in [-0.39, 0.29) is 17.1 Å². The molecular weight excluding hydrogens is 504 g/mol. The summed E-state index contributed by atoms with van der Waals surface area (Å²) in [6, 6.07) is 15.0. The van der Waals surface area contributed by atoms with Crippen molar-refractivity contribution in [2.75, 3.05) is 17.7 Å². The number of carbonyl (C=O) groups excluding carboxylic acids is 3. The number of hydrogen-bond donors (Lipinski definition) is 2. The van der Waals surface area contributed by atoms with Gasteiger partial charge in [0.1, 0.15) is 5.00 Å². The largest absolute Gasteiger partial charge is 0.465 e. The lowest BCUT2D eigenvalue weighted by Gasteiger charge is -2.16. The second kappa shape index (κ2) is 12.4. The zero-order valence-corrected chi connectivity index (χ0v) is 23.0. The Hall–Kier alpha value is -3.10. The molecule has 0 radical (unpaired) electrons. The Labute approximate surface area is 226 Å². The van der Waals surface area contributed by atoms with Crippen molar-refractivity contribution in [1.29, 1.82) is 0 Å². The zero-order valence-electron chi connectivity index (χ0n) is 21.4. The summed E-state index contributed by atoms with van der Waals surface area (Å²) in [7, 11) is 1.38. The van der Waals surface area contributed by atoms with Crippen LogP contribution in [0.5, 0.6) is 0 Å². The van der Waals surface area contributed by atoms with Crippen LogP contribution in [0.25, 0.3) is 0 Å². The smallest absolute Gasteiger partial charge is 0.341 e. The predicted molar refractivity (Wildman–Crippen MR) is 151 cm³/mol. The molecule has 0 saturated carbocycles. The lowest BCUT2D eigenvalue weighted by molar-refractivity contribution is -0.115. The second-order valence-electron chi connectivity index (χ2n) is 9.06. The first kappa shape index (κ1) is 26.9. The highest BCUT2D eigenvalue weighted by Crippen LogP contribution is 2.39. The van der Waals surface area contributed by atoms with E-state index in [0.717, 1.165) is 48.1 Å². The van der Waals surface area contributed by atoms with Gasteiger partial charge in [-0.1, -0.05) is 37.6 Å². The summed E-state index contributed by atoms with van der Waals surface area (Å²) in [5.74, 6) is -0.714. The van der Waals surface area contributed by atoms with Crippen molar-refractivity contribution in [3.63, 3.8) is 0 Å². The fourth-order valence-corrected chi connectivity index (χ4v) is 6.79. The van der Waals surface area contributed by atoms with Gasteiger partial charge < -0.3 is 15.4 Å². The van der Waals surface area contributed by atoms with Crippen molar-refractivity contribution in [2.24, 2.45) is 0 Å². The minimum Gasteiger partial charge on any atom is -0.465 e. The summed E-state index contributed by atoms with van der Waals surface area (Å²) in [5, 5.41) is 6.21. The van der Waals surface area contributed by atoms with Crippen LogP contribution in [0.4, 0.5) is 10.7 Å². The molecule has 4 rings (SSSR count). The van der Waals surface area contributed by atoms with E-state index in [0.29, 0.717) is 28.2 Å². The van der Waals surface area contributed by atoms with Gasteiger partial charge in [0.15, 0.2) is 0 Å². The van der Waals surface area contributed by atoms with E-state index >= 15 is 0 Å². The van der Waals surface area contributed by atoms with E-state index in [9.17, 15) is 14.4 Å². The number of benzene rings is 2. The molecule has 0 bridgehead atoms. The van der Waals surface area contributed by atoms with Gasteiger partial charge in [-0.2, -0.15) is 0 Å². The molecule has 1 unspecified atom stereocenters. The molecule has 1 aliphatic rings. The van der Waals surface area contributed by atoms with Gasteiger partial charge in [-0.25, -0.2) is 4.79 Å². The number of esters is 1. The van der Waals surface area contributed by atoms with Gasteiger partial charge in [0.25, 0.3) is 5.91 Å². The molecule has 0 spiro atoms. The van der Waals surface area contributed by atoms with E-state index in [1.54, 1.807) is 6.07 Å². The maximum Gasteiger partial charge on any atom is 0.341 e. The van der Waals surface area contributed by atoms with Gasteiger partial charge in [0.05, 0.1) is 17.9 Å². The average Bonchev–Trinajstić information content (AvgIpc) is 3.06. The molecule has 1 atom stereocenters. The Morgan fingerprint density at radius 2 is 1.81 bits per heavy atom. The van der Waals surface area contributed by atoms with Crippen LogP contribution in [0, 0.1) is 6.92 Å². The molecule has 3 aromatic rings. The number of methoxy groups -OCH3 is 1. The number of hydrogen-bond acceptors (Lipinski definition) is 6. The maximum atomic E-state index is 13.3. The summed E-state index contributed by atoms with van der Waals surface area (Å²) in [4.78, 5) is 40.7. The molecular formula is C29H32N2O4S2. The molecule has 2 aromatic carbocycles. The number of aryl methyl sites for hydroxylation is 2. The minimum atomic E-state index is -0.396. The summed E-state index contributed by atoms with van der Waals surface area (Å²) in [5.41, 5.74) is 3.75. The van der Waals surface area contributed by atoms with Crippen molar-refractivity contribution in [3.8, 4) is 0 Å². The Bertz CT molecular complexity index is 1300. The molecule has 8 heteroatoms. The number of carbonyl (C=O) groups is 3. The van der Waals surface area contributed by atoms with Gasteiger partial charge in [0, 0.05) is 21.0 Å². The van der Waals surface area contributed by atoms with Gasteiger partial charge >= 0.3 is 5.97 Å². The van der Waals surface area contributed by atoms with Crippen LogP contribution in [0.15, 0.2) is 53.4 Å². The van der Waals surface area contributed by atoms with Crippen LogP contribution in [0.2, 0.25) is 0 Å². The SMILES string of the molecule is CCC(Sc1cccc(NC(=O)c2ccccc2C)c1)C(=O)Nc1sc2c(c1C(=O)OC)CCCCC2. The number of thiophene rings is 1. The minimum absolute atomic E-state index is 0.150. The van der Waals surface area contributed by atoms with Crippen molar-refractivity contribution in [3.05, 3.63) is 75.7 Å². The van der Waals surface area contributed by atoms with Gasteiger partial charge in [0.2, 0.25) is 5.91 Å². The number of thioether (sulfide) groups is 1. The van der Waals surface area contributed by atoms with Crippen LogP contribution in [-0.4, -0.2) is 30.1 Å². The van der Waals surface area contributed by atoms with E-state index in [2.05, 4.69) is 10.6 Å². The second-order valence-corrected chi connectivity index (χ2v) is 11.4. The zero-order chi connectivity index (χ0) is 26.4. The Balaban J connectivity index is 1.48. The normalized spacial score (nSPS) is 13.7. The average molecular weight is 537 g/mol. The van der Waals surface area contributed by atoms with E-state index in [4.69, 9.17) is 4.74 Å². The molecule has 1 heterocycles. The summed E-state index contributed by atoms with van der Waals surface area (Å²) >= 11 is 2.94. The molecule has 1 aromatic heterocycles. The molecule has 0 fully saturated rings. The Morgan fingerprint density at radius 3 is 2.57 bits per heavy atom. The third-order valence-corrected chi connectivity index (χ3v) is 9.04. The lowest BCUT2D eigenvalue weighted by Crippen LogP contribution is -2.25. The first-order valence-corrected chi connectivity index (χ1v) is 14.3. The highest BCUT2D eigenvalue weighted by molar-refractivity contribution is 8.00. The molecule has 194 valence electrons. The third kappa shape index (κ3) is 6.43. The number of ether oxygens (including phenoxy) is 1. The molecule has 0 aliphatic heterocycles. The fraction of sp³-hybridized carbons (Fsp3) is 0.345. The number of rotatable bonds is 8. The summed E-state index contributed by atoms with van der Waals surface area (Å²) in [6.07, 6.45) is 5.63. The number of amides is 2. The van der Waals surface area contributed by atoms with Crippen molar-refractivity contribution in [2.45, 2.75) is 62.5 Å². The number of nitrogens with one attached hydrogen (secondary N) is 2. The molecule has 1 aliphatic carbocycles. The summed E-state index contributed by atoms with van der Waals surface area (Å²) < 4.78 is 5.07. The first-order chi connectivity index (χ1) is 17.9. The summed E-state index contributed by atoms with van der Waals surface area (Å²) in [6.45, 7) is 3.87. The topological polar surface area (TPSA) is 84.5 Å². The molecule has 6 nitrogen and oxygen atoms in total. The quantitative estimate of drug-likeness (QED) is 0.186. The maximum absolute atomic E-state index is 13.3. The molecule has 0 saturated heterocycles. The van der Waals surface area contributed by atoms with Gasteiger partial charge in [-0.15, -0.1) is 23.1 Å². The Kier molecular flexibility index (Phi) is 9.05. The molecule has 2 N–H and O–H groups in total. The standard InChI is InChI=1S/C29H32N2O4S2/c1-4-23(27(33)31-28-25(29(34)35-3)22-15-6-5-7-16-24(22)37-28)36-20-13-10-12-19(17-20)30-26(32)21-14-9-8-11-18(21)2/h8-14,17,23H,4-7,15-16H2,1-3H3,(H,30,32)(H,31,33). The van der Waals surface area contributed by atoms with Crippen molar-refractivity contribution < 1.29 is 19.1 Å². The van der Waals surface area contributed by atoms with E-state index < -0.39 is 5.97 Å². The highest BCUT2D eigenvalue weighted by Gasteiger charge is 2.28.